The van der Waals surface area contributed by atoms with E-state index in [2.05, 4.69) is 10.2 Å². The van der Waals surface area contributed by atoms with E-state index in [1.54, 1.807) is 22.8 Å². The fraction of sp³-hybridized carbons (Fsp3) is 0.250. The molecule has 2 rings (SSSR count). The summed E-state index contributed by atoms with van der Waals surface area (Å²) in [4.78, 5) is 23.1. The van der Waals surface area contributed by atoms with Crippen molar-refractivity contribution in [2.45, 2.75) is 29.9 Å². The maximum absolute atomic E-state index is 11.5. The smallest absolute Gasteiger partial charge is 0.298 e. The molecule has 0 aliphatic rings. The van der Waals surface area contributed by atoms with E-state index in [1.807, 2.05) is 6.92 Å². The monoisotopic (exact) mass is 297 g/mol. The fourth-order valence-electron chi connectivity index (χ4n) is 1.57. The quantitative estimate of drug-likeness (QED) is 0.861. The molecular weight excluding hydrogens is 286 g/mol. The molecule has 0 bridgehead atoms. The van der Waals surface area contributed by atoms with Gasteiger partial charge in [-0.3, -0.25) is 9.36 Å². The summed E-state index contributed by atoms with van der Waals surface area (Å²) in [7, 11) is 0. The SMILES string of the molecule is CCCn1c(Sc2ccc(C=O)c(Cl)c2)n[nH]c1=O. The molecule has 1 aromatic heterocycles. The molecular formula is C12H12ClN3O2S. The van der Waals surface area contributed by atoms with Gasteiger partial charge < -0.3 is 0 Å². The normalized spacial score (nSPS) is 10.6. The van der Waals surface area contributed by atoms with Gasteiger partial charge in [-0.1, -0.05) is 18.5 Å². The number of aldehydes is 1. The highest BCUT2D eigenvalue weighted by Crippen LogP contribution is 2.28. The molecule has 19 heavy (non-hydrogen) atoms. The molecule has 0 aliphatic heterocycles. The maximum atomic E-state index is 11.5. The van der Waals surface area contributed by atoms with Crippen molar-refractivity contribution in [2.75, 3.05) is 0 Å². The van der Waals surface area contributed by atoms with E-state index in [-0.39, 0.29) is 5.69 Å². The van der Waals surface area contributed by atoms with Crippen LogP contribution in [-0.2, 0) is 6.54 Å². The van der Waals surface area contributed by atoms with Crippen molar-refractivity contribution in [3.05, 3.63) is 39.3 Å². The van der Waals surface area contributed by atoms with Crippen molar-refractivity contribution < 1.29 is 4.79 Å². The van der Waals surface area contributed by atoms with Gasteiger partial charge in [0.15, 0.2) is 11.4 Å². The number of hydrogen-bond donors (Lipinski definition) is 1. The number of nitrogens with zero attached hydrogens (tertiary/aromatic N) is 2. The number of nitrogens with one attached hydrogen (secondary N) is 1. The first-order valence-corrected chi connectivity index (χ1v) is 6.93. The number of aromatic amines is 1. The molecule has 0 saturated carbocycles. The summed E-state index contributed by atoms with van der Waals surface area (Å²) in [5, 5.41) is 7.38. The van der Waals surface area contributed by atoms with Gasteiger partial charge in [0, 0.05) is 17.0 Å². The van der Waals surface area contributed by atoms with Crippen LogP contribution in [0.25, 0.3) is 0 Å². The van der Waals surface area contributed by atoms with Crippen LogP contribution in [0.1, 0.15) is 23.7 Å². The molecule has 0 aliphatic carbocycles. The van der Waals surface area contributed by atoms with E-state index < -0.39 is 0 Å². The van der Waals surface area contributed by atoms with Gasteiger partial charge in [-0.05, 0) is 36.4 Å². The first kappa shape index (κ1) is 13.9. The van der Waals surface area contributed by atoms with E-state index in [1.165, 1.54) is 11.8 Å². The second-order valence-electron chi connectivity index (χ2n) is 3.87. The number of carbonyl (C=O) groups excluding carboxylic acids is 1. The first-order chi connectivity index (χ1) is 9.15. The van der Waals surface area contributed by atoms with Gasteiger partial charge in [-0.2, -0.15) is 0 Å². The third kappa shape index (κ3) is 3.08. The molecule has 0 radical (unpaired) electrons. The van der Waals surface area contributed by atoms with Crippen molar-refractivity contribution in [2.24, 2.45) is 0 Å². The van der Waals surface area contributed by atoms with E-state index in [9.17, 15) is 9.59 Å². The van der Waals surface area contributed by atoms with Gasteiger partial charge in [-0.15, -0.1) is 5.10 Å². The predicted molar refractivity (Wildman–Crippen MR) is 74.1 cm³/mol. The number of rotatable bonds is 5. The fourth-order valence-corrected chi connectivity index (χ4v) is 2.76. The van der Waals surface area contributed by atoms with Crippen molar-refractivity contribution in [1.82, 2.24) is 14.8 Å². The summed E-state index contributed by atoms with van der Waals surface area (Å²) in [6.45, 7) is 2.60. The highest BCUT2D eigenvalue weighted by molar-refractivity contribution is 7.99. The zero-order chi connectivity index (χ0) is 13.8. The lowest BCUT2D eigenvalue weighted by Gasteiger charge is -2.04. The van der Waals surface area contributed by atoms with Crippen LogP contribution in [0.4, 0.5) is 0 Å². The Labute approximate surface area is 119 Å². The average Bonchev–Trinajstić information content (AvgIpc) is 2.72. The Kier molecular flexibility index (Phi) is 4.44. The molecule has 0 saturated heterocycles. The van der Waals surface area contributed by atoms with E-state index in [0.717, 1.165) is 11.3 Å². The highest BCUT2D eigenvalue weighted by atomic mass is 35.5. The van der Waals surface area contributed by atoms with Crippen LogP contribution in [0.2, 0.25) is 5.02 Å². The molecule has 5 nitrogen and oxygen atoms in total. The van der Waals surface area contributed by atoms with Gasteiger partial charge in [-0.25, -0.2) is 9.89 Å². The second-order valence-corrected chi connectivity index (χ2v) is 5.31. The predicted octanol–water partition coefficient (Wildman–Crippen LogP) is 2.60. The van der Waals surface area contributed by atoms with Gasteiger partial charge in [0.1, 0.15) is 0 Å². The zero-order valence-corrected chi connectivity index (χ0v) is 11.8. The number of carbonyl (C=O) groups is 1. The molecule has 1 aromatic carbocycles. The second kappa shape index (κ2) is 6.08. The molecule has 0 unspecified atom stereocenters. The molecule has 2 aromatic rings. The Balaban J connectivity index is 2.28. The van der Waals surface area contributed by atoms with Crippen LogP contribution in [0.5, 0.6) is 0 Å². The van der Waals surface area contributed by atoms with Gasteiger partial charge >= 0.3 is 5.69 Å². The molecule has 0 spiro atoms. The first-order valence-electron chi connectivity index (χ1n) is 5.73. The van der Waals surface area contributed by atoms with Crippen molar-refractivity contribution >= 4 is 29.6 Å². The summed E-state index contributed by atoms with van der Waals surface area (Å²) in [5.41, 5.74) is 0.221. The van der Waals surface area contributed by atoms with Crippen LogP contribution in [0, 0.1) is 0 Å². The third-order valence-corrected chi connectivity index (χ3v) is 3.79. The molecule has 1 N–H and O–H groups in total. The third-order valence-electron chi connectivity index (χ3n) is 2.48. The molecule has 7 heteroatoms. The lowest BCUT2D eigenvalue weighted by molar-refractivity contribution is 0.112. The lowest BCUT2D eigenvalue weighted by Crippen LogP contribution is -2.17. The Morgan fingerprint density at radius 2 is 2.32 bits per heavy atom. The minimum atomic E-state index is -0.222. The Bertz CT molecular complexity index is 651. The summed E-state index contributed by atoms with van der Waals surface area (Å²) < 4.78 is 1.58. The van der Waals surface area contributed by atoms with Crippen LogP contribution in [-0.4, -0.2) is 21.1 Å². The number of aromatic nitrogens is 3. The number of H-pyrrole nitrogens is 1. The van der Waals surface area contributed by atoms with Crippen molar-refractivity contribution in [1.29, 1.82) is 0 Å². The zero-order valence-electron chi connectivity index (χ0n) is 10.2. The Morgan fingerprint density at radius 1 is 1.53 bits per heavy atom. The standard InChI is InChI=1S/C12H12ClN3O2S/c1-2-5-16-11(18)14-15-12(16)19-9-4-3-8(7-17)10(13)6-9/h3-4,6-7H,2,5H2,1H3,(H,14,18). The van der Waals surface area contributed by atoms with Gasteiger partial charge in [0.05, 0.1) is 5.02 Å². The Hall–Kier alpha value is -1.53. The van der Waals surface area contributed by atoms with Crippen LogP contribution in [0.15, 0.2) is 33.0 Å². The largest absolute Gasteiger partial charge is 0.343 e. The van der Waals surface area contributed by atoms with E-state index in [4.69, 9.17) is 11.6 Å². The number of halogens is 1. The average molecular weight is 298 g/mol. The maximum Gasteiger partial charge on any atom is 0.343 e. The van der Waals surface area contributed by atoms with Gasteiger partial charge in [0.25, 0.3) is 0 Å². The molecule has 1 heterocycles. The number of benzene rings is 1. The summed E-state index contributed by atoms with van der Waals surface area (Å²) >= 11 is 7.29. The van der Waals surface area contributed by atoms with Crippen LogP contribution >= 0.6 is 23.4 Å². The molecule has 0 atom stereocenters. The minimum absolute atomic E-state index is 0.222. The van der Waals surface area contributed by atoms with Gasteiger partial charge in [0.2, 0.25) is 0 Å². The van der Waals surface area contributed by atoms with Crippen molar-refractivity contribution in [3.63, 3.8) is 0 Å². The molecule has 100 valence electrons. The molecule has 0 fully saturated rings. The van der Waals surface area contributed by atoms with Crippen LogP contribution in [0.3, 0.4) is 0 Å². The Morgan fingerprint density at radius 3 is 2.95 bits per heavy atom. The van der Waals surface area contributed by atoms with E-state index in [0.29, 0.717) is 28.6 Å². The lowest BCUT2D eigenvalue weighted by atomic mass is 10.2. The summed E-state index contributed by atoms with van der Waals surface area (Å²) in [5.74, 6) is 0. The summed E-state index contributed by atoms with van der Waals surface area (Å²) in [6.07, 6.45) is 1.55. The van der Waals surface area contributed by atoms with E-state index >= 15 is 0 Å². The number of hydrogen-bond acceptors (Lipinski definition) is 4. The topological polar surface area (TPSA) is 67.8 Å². The minimum Gasteiger partial charge on any atom is -0.298 e. The highest BCUT2D eigenvalue weighted by Gasteiger charge is 2.10. The van der Waals surface area contributed by atoms with Crippen molar-refractivity contribution in [3.8, 4) is 0 Å². The van der Waals surface area contributed by atoms with Crippen LogP contribution < -0.4 is 5.69 Å². The summed E-state index contributed by atoms with van der Waals surface area (Å²) in [6, 6.07) is 5.10. The molecule has 0 amide bonds.